The fraction of sp³-hybridized carbons (Fsp3) is 0.0286. The Labute approximate surface area is 415 Å². The van der Waals surface area contributed by atoms with Gasteiger partial charge in [-0.05, 0) is 142 Å². The van der Waals surface area contributed by atoms with Gasteiger partial charge in [-0.15, -0.1) is 0 Å². The maximum absolute atomic E-state index is 2.48. The van der Waals surface area contributed by atoms with Crippen molar-refractivity contribution in [3.05, 3.63) is 330 Å². The molecule has 0 amide bonds. The summed E-state index contributed by atoms with van der Waals surface area (Å²) in [4.78, 5) is 2.48. The van der Waals surface area contributed by atoms with E-state index >= 15 is 0 Å². The molecule has 1 nitrogen and oxygen atoms in total. The van der Waals surface area contributed by atoms with Crippen LogP contribution in [0.1, 0.15) is 44.5 Å². The lowest BCUT2D eigenvalue weighted by Gasteiger charge is -2.35. The predicted molar refractivity (Wildman–Crippen MR) is 296 cm³/mol. The van der Waals surface area contributed by atoms with E-state index in [-0.39, 0.29) is 0 Å². The van der Waals surface area contributed by atoms with Crippen LogP contribution in [0.3, 0.4) is 0 Å². The predicted octanol–water partition coefficient (Wildman–Crippen LogP) is 17.9. The standard InChI is InChI=1S/C70H47N/c1-5-20-52(21-6-1)69(53-22-7-2-8-23-53)66-32-18-16-30-61(66)64-46-57(42-44-67(64)69)71(56-39-37-48(38-40-56)51-36-35-50-34-33-49-19-13-14-28-59(49)63(50)45-51)58-41-43-62-60-29-15-17-31-65(60)70(68(62)47-58,54-24-9-3-10-25-54)55-26-11-4-12-27-55/h1-47H. The third kappa shape index (κ3) is 6.13. The second-order valence-corrected chi connectivity index (χ2v) is 19.1. The molecule has 0 spiro atoms. The zero-order valence-electron chi connectivity index (χ0n) is 39.1. The number of anilines is 3. The number of hydrogen-bond acceptors (Lipinski definition) is 1. The molecule has 14 rings (SSSR count). The molecular formula is C70H47N. The third-order valence-electron chi connectivity index (χ3n) is 15.6. The molecule has 0 fully saturated rings. The summed E-state index contributed by atoms with van der Waals surface area (Å²) in [6.07, 6.45) is 0. The van der Waals surface area contributed by atoms with E-state index in [0.29, 0.717) is 0 Å². The average molecular weight is 902 g/mol. The fourth-order valence-electron chi connectivity index (χ4n) is 12.6. The molecule has 0 saturated heterocycles. The van der Waals surface area contributed by atoms with Crippen molar-refractivity contribution in [2.24, 2.45) is 0 Å². The zero-order valence-corrected chi connectivity index (χ0v) is 39.1. The molecule has 0 atom stereocenters. The van der Waals surface area contributed by atoms with E-state index in [0.717, 1.165) is 17.1 Å². The minimum atomic E-state index is -0.540. The maximum Gasteiger partial charge on any atom is 0.0714 e. The lowest BCUT2D eigenvalue weighted by Crippen LogP contribution is -2.28. The van der Waals surface area contributed by atoms with Crippen LogP contribution in [0.4, 0.5) is 17.1 Å². The van der Waals surface area contributed by atoms with E-state index in [4.69, 9.17) is 0 Å². The second kappa shape index (κ2) is 16.3. The Morgan fingerprint density at radius 3 is 1.24 bits per heavy atom. The first-order valence-corrected chi connectivity index (χ1v) is 24.7. The molecule has 0 aromatic heterocycles. The Balaban J connectivity index is 0.997. The van der Waals surface area contributed by atoms with Crippen molar-refractivity contribution in [2.45, 2.75) is 10.8 Å². The van der Waals surface area contributed by atoms with Crippen molar-refractivity contribution in [2.75, 3.05) is 4.90 Å². The third-order valence-corrected chi connectivity index (χ3v) is 15.6. The van der Waals surface area contributed by atoms with Crippen molar-refractivity contribution in [3.63, 3.8) is 0 Å². The summed E-state index contributed by atoms with van der Waals surface area (Å²) in [7, 11) is 0. The highest BCUT2D eigenvalue weighted by Gasteiger charge is 2.48. The van der Waals surface area contributed by atoms with Gasteiger partial charge in [-0.3, -0.25) is 0 Å². The molecule has 0 bridgehead atoms. The van der Waals surface area contributed by atoms with Crippen LogP contribution in [-0.2, 0) is 10.8 Å². The van der Waals surface area contributed by atoms with E-state index in [1.165, 1.54) is 99.4 Å². The summed E-state index contributed by atoms with van der Waals surface area (Å²) in [5, 5.41) is 5.05. The highest BCUT2D eigenvalue weighted by molar-refractivity contribution is 6.08. The van der Waals surface area contributed by atoms with E-state index in [9.17, 15) is 0 Å². The molecule has 332 valence electrons. The molecule has 0 saturated carbocycles. The number of fused-ring (bicyclic) bond motifs is 9. The lowest BCUT2D eigenvalue weighted by atomic mass is 9.67. The smallest absolute Gasteiger partial charge is 0.0714 e. The molecule has 0 aliphatic heterocycles. The summed E-state index contributed by atoms with van der Waals surface area (Å²) in [6.45, 7) is 0. The first kappa shape index (κ1) is 41.0. The molecule has 1 heteroatoms. The molecule has 71 heavy (non-hydrogen) atoms. The number of benzene rings is 12. The van der Waals surface area contributed by atoms with Gasteiger partial charge in [-0.1, -0.05) is 243 Å². The normalized spacial score (nSPS) is 13.6. The average Bonchev–Trinajstić information content (AvgIpc) is 3.92. The van der Waals surface area contributed by atoms with Crippen LogP contribution in [-0.4, -0.2) is 0 Å². The monoisotopic (exact) mass is 901 g/mol. The molecular weight excluding hydrogens is 855 g/mol. The Morgan fingerprint density at radius 1 is 0.225 bits per heavy atom. The SMILES string of the molecule is c1ccc(C2(c3ccccc3)c3ccccc3-c3cc(N(c4ccc(-c5ccc6ccc7ccccc7c6c5)cc4)c4ccc5c(c4)C(c4ccccc4)(c4ccccc4)c4ccccc4-5)ccc32)cc1. The van der Waals surface area contributed by atoms with Gasteiger partial charge in [-0.25, -0.2) is 0 Å². The molecule has 0 heterocycles. The Morgan fingerprint density at radius 2 is 0.634 bits per heavy atom. The largest absolute Gasteiger partial charge is 0.310 e. The summed E-state index contributed by atoms with van der Waals surface area (Å²) < 4.78 is 0. The van der Waals surface area contributed by atoms with Crippen molar-refractivity contribution in [1.29, 1.82) is 0 Å². The minimum absolute atomic E-state index is 0.491. The van der Waals surface area contributed by atoms with Gasteiger partial charge >= 0.3 is 0 Å². The molecule has 0 radical (unpaired) electrons. The molecule has 0 unspecified atom stereocenters. The number of hydrogen-bond donors (Lipinski definition) is 0. The van der Waals surface area contributed by atoms with Crippen molar-refractivity contribution in [3.8, 4) is 33.4 Å². The quantitative estimate of drug-likeness (QED) is 0.137. The molecule has 12 aromatic rings. The maximum atomic E-state index is 2.48. The minimum Gasteiger partial charge on any atom is -0.310 e. The van der Waals surface area contributed by atoms with Gasteiger partial charge in [-0.2, -0.15) is 0 Å². The second-order valence-electron chi connectivity index (χ2n) is 19.1. The highest BCUT2D eigenvalue weighted by atomic mass is 15.1. The van der Waals surface area contributed by atoms with Gasteiger partial charge in [0.2, 0.25) is 0 Å². The van der Waals surface area contributed by atoms with Crippen LogP contribution < -0.4 is 4.90 Å². The van der Waals surface area contributed by atoms with Gasteiger partial charge in [0.15, 0.2) is 0 Å². The summed E-state index contributed by atoms with van der Waals surface area (Å²) in [5.74, 6) is 0. The Kier molecular flexibility index (Phi) is 9.41. The van der Waals surface area contributed by atoms with E-state index < -0.39 is 10.8 Å². The lowest BCUT2D eigenvalue weighted by molar-refractivity contribution is 0.768. The fourth-order valence-corrected chi connectivity index (χ4v) is 12.6. The van der Waals surface area contributed by atoms with E-state index in [2.05, 4.69) is 290 Å². The molecule has 0 N–H and O–H groups in total. The first-order chi connectivity index (χ1) is 35.2. The van der Waals surface area contributed by atoms with Crippen LogP contribution in [0.2, 0.25) is 0 Å². The van der Waals surface area contributed by atoms with Gasteiger partial charge in [0.05, 0.1) is 10.8 Å². The van der Waals surface area contributed by atoms with Crippen molar-refractivity contribution >= 4 is 38.6 Å². The Hall–Kier alpha value is -9.04. The van der Waals surface area contributed by atoms with E-state index in [1.54, 1.807) is 0 Å². The van der Waals surface area contributed by atoms with Gasteiger partial charge in [0, 0.05) is 17.1 Å². The number of nitrogens with zero attached hydrogens (tertiary/aromatic N) is 1. The van der Waals surface area contributed by atoms with Gasteiger partial charge in [0.1, 0.15) is 0 Å². The first-order valence-electron chi connectivity index (χ1n) is 24.7. The molecule has 12 aromatic carbocycles. The summed E-state index contributed by atoms with van der Waals surface area (Å²) in [6, 6.07) is 106. The topological polar surface area (TPSA) is 3.24 Å². The molecule has 2 aliphatic carbocycles. The van der Waals surface area contributed by atoms with Crippen molar-refractivity contribution < 1.29 is 0 Å². The van der Waals surface area contributed by atoms with Gasteiger partial charge in [0.25, 0.3) is 0 Å². The van der Waals surface area contributed by atoms with Crippen LogP contribution >= 0.6 is 0 Å². The number of rotatable bonds is 8. The van der Waals surface area contributed by atoms with Gasteiger partial charge < -0.3 is 4.90 Å². The Bertz CT molecular complexity index is 3890. The molecule has 2 aliphatic rings. The summed E-state index contributed by atoms with van der Waals surface area (Å²) in [5.41, 5.74) is 19.8. The van der Waals surface area contributed by atoms with Crippen molar-refractivity contribution in [1.82, 2.24) is 0 Å². The van der Waals surface area contributed by atoms with Crippen LogP contribution in [0.5, 0.6) is 0 Å². The summed E-state index contributed by atoms with van der Waals surface area (Å²) >= 11 is 0. The van der Waals surface area contributed by atoms with Crippen LogP contribution in [0.15, 0.2) is 285 Å². The highest BCUT2D eigenvalue weighted by Crippen LogP contribution is 2.59. The zero-order chi connectivity index (χ0) is 46.9. The van der Waals surface area contributed by atoms with Crippen LogP contribution in [0.25, 0.3) is 54.9 Å². The van der Waals surface area contributed by atoms with E-state index in [1.807, 2.05) is 0 Å². The van der Waals surface area contributed by atoms with Crippen LogP contribution in [0, 0.1) is 0 Å².